The normalized spacial score (nSPS) is 10.8. The zero-order chi connectivity index (χ0) is 15.4. The topological polar surface area (TPSA) is 47.0 Å². The molecule has 0 radical (unpaired) electrons. The third kappa shape index (κ3) is 3.51. The molecule has 21 heavy (non-hydrogen) atoms. The molecule has 1 aromatic carbocycles. The van der Waals surface area contributed by atoms with Gasteiger partial charge in [-0.05, 0) is 49.9 Å². The summed E-state index contributed by atoms with van der Waals surface area (Å²) in [5.41, 5.74) is 3.50. The molecule has 0 aliphatic rings. The molecule has 0 unspecified atom stereocenters. The summed E-state index contributed by atoms with van der Waals surface area (Å²) in [5, 5.41) is 3.21. The highest BCUT2D eigenvalue weighted by atomic mass is 16.5. The summed E-state index contributed by atoms with van der Waals surface area (Å²) < 4.78 is 5.92. The number of nitrogens with one attached hydrogen (secondary N) is 1. The third-order valence-electron chi connectivity index (χ3n) is 3.46. The molecule has 0 saturated carbocycles. The number of aryl methyl sites for hydroxylation is 1. The Morgan fingerprint density at radius 1 is 1.19 bits per heavy atom. The number of rotatable bonds is 5. The lowest BCUT2D eigenvalue weighted by Crippen LogP contribution is -2.04. The van der Waals surface area contributed by atoms with Crippen LogP contribution in [-0.4, -0.2) is 16.5 Å². The zero-order valence-corrected chi connectivity index (χ0v) is 13.4. The van der Waals surface area contributed by atoms with Crippen LogP contribution in [0.2, 0.25) is 0 Å². The van der Waals surface area contributed by atoms with Crippen LogP contribution < -0.4 is 10.1 Å². The molecule has 1 heterocycles. The molecule has 0 fully saturated rings. The van der Waals surface area contributed by atoms with Gasteiger partial charge < -0.3 is 10.1 Å². The predicted molar refractivity (Wildman–Crippen MR) is 86.3 cm³/mol. The smallest absolute Gasteiger partial charge is 0.227 e. The Bertz CT molecular complexity index is 623. The van der Waals surface area contributed by atoms with Gasteiger partial charge in [-0.2, -0.15) is 0 Å². The van der Waals surface area contributed by atoms with E-state index in [1.165, 1.54) is 17.5 Å². The summed E-state index contributed by atoms with van der Waals surface area (Å²) in [4.78, 5) is 8.45. The fourth-order valence-corrected chi connectivity index (χ4v) is 2.35. The summed E-state index contributed by atoms with van der Waals surface area (Å²) >= 11 is 0. The van der Waals surface area contributed by atoms with E-state index in [2.05, 4.69) is 48.2 Å². The van der Waals surface area contributed by atoms with Gasteiger partial charge in [-0.1, -0.05) is 19.9 Å². The van der Waals surface area contributed by atoms with Crippen molar-refractivity contribution in [1.29, 1.82) is 0 Å². The minimum atomic E-state index is 0.514. The van der Waals surface area contributed by atoms with E-state index in [1.807, 2.05) is 19.9 Å². The maximum absolute atomic E-state index is 5.92. The number of nitrogens with zero attached hydrogens (tertiary/aromatic N) is 2. The first-order valence-corrected chi connectivity index (χ1v) is 7.36. The second-order valence-corrected chi connectivity index (χ2v) is 5.46. The summed E-state index contributed by atoms with van der Waals surface area (Å²) in [7, 11) is 0. The predicted octanol–water partition coefficient (Wildman–Crippen LogP) is 4.44. The Labute approximate surface area is 126 Å². The maximum atomic E-state index is 5.92. The molecule has 0 aliphatic carbocycles. The monoisotopic (exact) mass is 285 g/mol. The molecule has 0 bridgehead atoms. The van der Waals surface area contributed by atoms with Crippen molar-refractivity contribution < 1.29 is 4.74 Å². The zero-order valence-electron chi connectivity index (χ0n) is 13.4. The van der Waals surface area contributed by atoms with E-state index in [4.69, 9.17) is 4.74 Å². The van der Waals surface area contributed by atoms with Crippen molar-refractivity contribution in [2.24, 2.45) is 0 Å². The Morgan fingerprint density at radius 3 is 2.57 bits per heavy atom. The summed E-state index contributed by atoms with van der Waals surface area (Å²) in [5.74, 6) is 2.73. The average molecular weight is 285 g/mol. The molecule has 1 aromatic heterocycles. The van der Waals surface area contributed by atoms with Crippen molar-refractivity contribution in [3.63, 3.8) is 0 Å². The first kappa shape index (κ1) is 15.3. The van der Waals surface area contributed by atoms with E-state index >= 15 is 0 Å². The molecule has 0 saturated heterocycles. The molecule has 1 N–H and O–H groups in total. The van der Waals surface area contributed by atoms with Gasteiger partial charge in [-0.3, -0.25) is 0 Å². The number of hydrogen-bond donors (Lipinski definition) is 1. The fraction of sp³-hybridized carbons (Fsp3) is 0.412. The summed E-state index contributed by atoms with van der Waals surface area (Å²) in [6, 6.07) is 6.18. The van der Waals surface area contributed by atoms with Crippen molar-refractivity contribution in [2.75, 3.05) is 11.9 Å². The maximum Gasteiger partial charge on any atom is 0.227 e. The van der Waals surface area contributed by atoms with E-state index in [-0.39, 0.29) is 0 Å². The molecule has 0 aliphatic heterocycles. The van der Waals surface area contributed by atoms with Crippen LogP contribution in [0.5, 0.6) is 11.6 Å². The van der Waals surface area contributed by atoms with E-state index in [0.29, 0.717) is 11.8 Å². The number of benzene rings is 1. The van der Waals surface area contributed by atoms with Gasteiger partial charge in [0.15, 0.2) is 0 Å². The largest absolute Gasteiger partial charge is 0.439 e. The lowest BCUT2D eigenvalue weighted by molar-refractivity contribution is 0.457. The van der Waals surface area contributed by atoms with Crippen LogP contribution in [0, 0.1) is 13.8 Å². The summed E-state index contributed by atoms with van der Waals surface area (Å²) in [6.45, 7) is 11.3. The Morgan fingerprint density at radius 2 is 1.95 bits per heavy atom. The van der Waals surface area contributed by atoms with Crippen LogP contribution >= 0.6 is 0 Å². The van der Waals surface area contributed by atoms with Gasteiger partial charge >= 0.3 is 0 Å². The molecular formula is C17H23N3O. The number of aromatic nitrogens is 2. The molecule has 0 amide bonds. The van der Waals surface area contributed by atoms with Crippen molar-refractivity contribution >= 4 is 5.82 Å². The fourth-order valence-electron chi connectivity index (χ4n) is 2.35. The quantitative estimate of drug-likeness (QED) is 0.882. The van der Waals surface area contributed by atoms with Crippen LogP contribution in [0.4, 0.5) is 5.82 Å². The number of hydrogen-bond acceptors (Lipinski definition) is 4. The van der Waals surface area contributed by atoms with E-state index < -0.39 is 0 Å². The van der Waals surface area contributed by atoms with Gasteiger partial charge in [0.2, 0.25) is 5.88 Å². The van der Waals surface area contributed by atoms with Crippen LogP contribution in [-0.2, 0) is 0 Å². The summed E-state index contributed by atoms with van der Waals surface area (Å²) in [6.07, 6.45) is 1.52. The second kappa shape index (κ2) is 6.57. The minimum Gasteiger partial charge on any atom is -0.439 e. The number of anilines is 1. The highest BCUT2D eigenvalue weighted by Gasteiger charge is 2.10. The van der Waals surface area contributed by atoms with Crippen molar-refractivity contribution in [2.45, 2.75) is 40.5 Å². The van der Waals surface area contributed by atoms with Crippen molar-refractivity contribution in [3.05, 3.63) is 41.2 Å². The van der Waals surface area contributed by atoms with E-state index in [9.17, 15) is 0 Å². The van der Waals surface area contributed by atoms with E-state index in [1.54, 1.807) is 0 Å². The minimum absolute atomic E-state index is 0.514. The lowest BCUT2D eigenvalue weighted by Gasteiger charge is -2.14. The molecule has 0 spiro atoms. The van der Waals surface area contributed by atoms with E-state index in [0.717, 1.165) is 23.7 Å². The van der Waals surface area contributed by atoms with Crippen molar-refractivity contribution in [3.8, 4) is 11.6 Å². The van der Waals surface area contributed by atoms with Crippen LogP contribution in [0.25, 0.3) is 0 Å². The SMILES string of the molecule is CCNc1ncnc(Oc2ccc(C(C)C)c(C)c2)c1C. The van der Waals surface area contributed by atoms with Gasteiger partial charge in [0.05, 0.1) is 5.56 Å². The molecule has 0 atom stereocenters. The number of ether oxygens (including phenoxy) is 1. The lowest BCUT2D eigenvalue weighted by atomic mass is 9.98. The molecule has 2 rings (SSSR count). The van der Waals surface area contributed by atoms with Crippen LogP contribution in [0.3, 0.4) is 0 Å². The molecule has 4 heteroatoms. The average Bonchev–Trinajstić information content (AvgIpc) is 2.43. The highest BCUT2D eigenvalue weighted by Crippen LogP contribution is 2.29. The third-order valence-corrected chi connectivity index (χ3v) is 3.46. The molecular weight excluding hydrogens is 262 g/mol. The Hall–Kier alpha value is -2.10. The van der Waals surface area contributed by atoms with Gasteiger partial charge in [0.1, 0.15) is 17.9 Å². The molecule has 112 valence electrons. The van der Waals surface area contributed by atoms with Crippen LogP contribution in [0.1, 0.15) is 43.4 Å². The first-order valence-electron chi connectivity index (χ1n) is 7.36. The first-order chi connectivity index (χ1) is 10.0. The second-order valence-electron chi connectivity index (χ2n) is 5.46. The Balaban J connectivity index is 2.26. The van der Waals surface area contributed by atoms with Gasteiger partial charge in [0.25, 0.3) is 0 Å². The van der Waals surface area contributed by atoms with Gasteiger partial charge in [-0.15, -0.1) is 0 Å². The Kier molecular flexibility index (Phi) is 4.78. The standard InChI is InChI=1S/C17H23N3O/c1-6-18-16-13(5)17(20-10-19-16)21-14-7-8-15(11(2)3)12(4)9-14/h7-11H,6H2,1-5H3,(H,18,19,20). The molecule has 2 aromatic rings. The van der Waals surface area contributed by atoms with Gasteiger partial charge in [0, 0.05) is 6.54 Å². The highest BCUT2D eigenvalue weighted by molar-refractivity contribution is 5.49. The molecule has 4 nitrogen and oxygen atoms in total. The van der Waals surface area contributed by atoms with Crippen molar-refractivity contribution in [1.82, 2.24) is 9.97 Å². The van der Waals surface area contributed by atoms with Gasteiger partial charge in [-0.25, -0.2) is 9.97 Å². The van der Waals surface area contributed by atoms with Crippen LogP contribution in [0.15, 0.2) is 24.5 Å².